The molecule has 2 aromatic rings. The highest BCUT2D eigenvalue weighted by atomic mass is 79.9. The van der Waals surface area contributed by atoms with Crippen LogP contribution in [0.4, 0.5) is 0 Å². The number of carbonyl (C=O) groups is 1. The van der Waals surface area contributed by atoms with Crippen molar-refractivity contribution in [3.8, 4) is 5.75 Å². The lowest BCUT2D eigenvalue weighted by Crippen LogP contribution is -2.17. The number of rotatable bonds is 5. The van der Waals surface area contributed by atoms with E-state index in [1.807, 2.05) is 24.3 Å². The van der Waals surface area contributed by atoms with E-state index in [1.54, 1.807) is 19.4 Å². The number of ether oxygens (including phenoxy) is 1. The second kappa shape index (κ2) is 7.04. The minimum Gasteiger partial charge on any atom is -0.496 e. The number of carboxylic acid groups (broad SMARTS) is 1. The Morgan fingerprint density at radius 1 is 1.38 bits per heavy atom. The van der Waals surface area contributed by atoms with E-state index in [2.05, 4.69) is 36.8 Å². The summed E-state index contributed by atoms with van der Waals surface area (Å²) in [5, 5.41) is 9.53. The van der Waals surface area contributed by atoms with Gasteiger partial charge in [0.1, 0.15) is 11.7 Å². The molecule has 0 spiro atoms. The molecule has 0 bridgehead atoms. The van der Waals surface area contributed by atoms with Crippen LogP contribution in [0.25, 0.3) is 0 Å². The molecular weight excluding hydrogens is 402 g/mol. The molecule has 0 aliphatic heterocycles. The summed E-state index contributed by atoms with van der Waals surface area (Å²) in [5.41, 5.74) is 1.33. The standard InChI is InChI=1S/C15H13Br2NO3/c1-21-13-5-3-2-4-9(13)6-11(15(19)20)14-12(17)7-10(16)8-18-14/h2-5,7-8,11H,6H2,1H3,(H,19,20). The third kappa shape index (κ3) is 3.83. The zero-order valence-corrected chi connectivity index (χ0v) is 14.4. The van der Waals surface area contributed by atoms with E-state index in [0.29, 0.717) is 22.3 Å². The number of benzene rings is 1. The van der Waals surface area contributed by atoms with Gasteiger partial charge in [0.25, 0.3) is 0 Å². The van der Waals surface area contributed by atoms with Crippen molar-refractivity contribution in [3.05, 3.63) is 56.7 Å². The Morgan fingerprint density at radius 2 is 2.10 bits per heavy atom. The van der Waals surface area contributed by atoms with Crippen LogP contribution in [0.3, 0.4) is 0 Å². The van der Waals surface area contributed by atoms with E-state index in [4.69, 9.17) is 4.74 Å². The van der Waals surface area contributed by atoms with E-state index in [-0.39, 0.29) is 0 Å². The third-order valence-electron chi connectivity index (χ3n) is 3.08. The fourth-order valence-electron chi connectivity index (χ4n) is 2.07. The summed E-state index contributed by atoms with van der Waals surface area (Å²) in [5.74, 6) is -0.989. The summed E-state index contributed by atoms with van der Waals surface area (Å²) >= 11 is 6.69. The van der Waals surface area contributed by atoms with E-state index in [1.165, 1.54) is 0 Å². The molecule has 21 heavy (non-hydrogen) atoms. The van der Waals surface area contributed by atoms with Gasteiger partial charge in [-0.15, -0.1) is 0 Å². The maximum absolute atomic E-state index is 11.6. The second-order valence-corrected chi connectivity index (χ2v) is 6.20. The second-order valence-electron chi connectivity index (χ2n) is 4.43. The van der Waals surface area contributed by atoms with Gasteiger partial charge in [0, 0.05) is 15.1 Å². The summed E-state index contributed by atoms with van der Waals surface area (Å²) in [7, 11) is 1.57. The SMILES string of the molecule is COc1ccccc1CC(C(=O)O)c1ncc(Br)cc1Br. The molecule has 1 N–H and O–H groups in total. The van der Waals surface area contributed by atoms with Crippen molar-refractivity contribution < 1.29 is 14.6 Å². The van der Waals surface area contributed by atoms with Crippen LogP contribution in [0.1, 0.15) is 17.2 Å². The molecule has 0 radical (unpaired) electrons. The van der Waals surface area contributed by atoms with E-state index >= 15 is 0 Å². The number of halogens is 2. The van der Waals surface area contributed by atoms with E-state index in [9.17, 15) is 9.90 Å². The summed E-state index contributed by atoms with van der Waals surface area (Å²) in [6.45, 7) is 0. The van der Waals surface area contributed by atoms with Crippen molar-refractivity contribution in [2.24, 2.45) is 0 Å². The van der Waals surface area contributed by atoms with Crippen LogP contribution in [0.5, 0.6) is 5.75 Å². The van der Waals surface area contributed by atoms with Crippen molar-refractivity contribution in [1.29, 1.82) is 0 Å². The Kier molecular flexibility index (Phi) is 5.36. The molecule has 0 fully saturated rings. The van der Waals surface area contributed by atoms with Gasteiger partial charge in [0.15, 0.2) is 0 Å². The quantitative estimate of drug-likeness (QED) is 0.802. The fourth-order valence-corrected chi connectivity index (χ4v) is 3.34. The largest absolute Gasteiger partial charge is 0.496 e. The van der Waals surface area contributed by atoms with Crippen LogP contribution in [0, 0.1) is 0 Å². The van der Waals surface area contributed by atoms with E-state index in [0.717, 1.165) is 10.0 Å². The minimum absolute atomic E-state index is 0.312. The summed E-state index contributed by atoms with van der Waals surface area (Å²) in [6.07, 6.45) is 1.91. The Bertz CT molecular complexity index is 661. The number of methoxy groups -OCH3 is 1. The first-order valence-electron chi connectivity index (χ1n) is 6.18. The number of nitrogens with zero attached hydrogens (tertiary/aromatic N) is 1. The predicted molar refractivity (Wildman–Crippen MR) is 86.7 cm³/mol. The van der Waals surface area contributed by atoms with Gasteiger partial charge in [-0.05, 0) is 56.0 Å². The molecule has 0 amide bonds. The zero-order valence-electron chi connectivity index (χ0n) is 11.2. The molecule has 110 valence electrons. The number of aliphatic carboxylic acids is 1. The Hall–Kier alpha value is -1.40. The first-order chi connectivity index (χ1) is 10.0. The number of aromatic nitrogens is 1. The average molecular weight is 415 g/mol. The first-order valence-corrected chi connectivity index (χ1v) is 7.77. The molecular formula is C15H13Br2NO3. The van der Waals surface area contributed by atoms with Crippen LogP contribution >= 0.6 is 31.9 Å². The molecule has 0 aliphatic carbocycles. The molecule has 1 aromatic carbocycles. The highest BCUT2D eigenvalue weighted by Gasteiger charge is 2.25. The summed E-state index contributed by atoms with van der Waals surface area (Å²) < 4.78 is 6.74. The Labute approximate surface area is 139 Å². The zero-order chi connectivity index (χ0) is 15.4. The smallest absolute Gasteiger partial charge is 0.312 e. The lowest BCUT2D eigenvalue weighted by Gasteiger charge is -2.15. The lowest BCUT2D eigenvalue weighted by atomic mass is 9.95. The highest BCUT2D eigenvalue weighted by molar-refractivity contribution is 9.11. The molecule has 4 nitrogen and oxygen atoms in total. The maximum Gasteiger partial charge on any atom is 0.312 e. The molecule has 1 aromatic heterocycles. The molecule has 0 aliphatic rings. The molecule has 1 atom stereocenters. The molecule has 6 heteroatoms. The number of carboxylic acids is 1. The van der Waals surface area contributed by atoms with Crippen LogP contribution in [-0.2, 0) is 11.2 Å². The van der Waals surface area contributed by atoms with Gasteiger partial charge in [-0.1, -0.05) is 18.2 Å². The predicted octanol–water partition coefficient (Wildman–Crippen LogP) is 4.03. The number of para-hydroxylation sites is 1. The molecule has 0 saturated carbocycles. The van der Waals surface area contributed by atoms with Gasteiger partial charge < -0.3 is 9.84 Å². The third-order valence-corrected chi connectivity index (χ3v) is 4.15. The van der Waals surface area contributed by atoms with Crippen molar-refractivity contribution in [1.82, 2.24) is 4.98 Å². The minimum atomic E-state index is -0.920. The first kappa shape index (κ1) is 16.0. The number of pyridine rings is 1. The van der Waals surface area contributed by atoms with Crippen molar-refractivity contribution in [3.63, 3.8) is 0 Å². The molecule has 1 heterocycles. The monoisotopic (exact) mass is 413 g/mol. The van der Waals surface area contributed by atoms with Crippen molar-refractivity contribution in [2.75, 3.05) is 7.11 Å². The van der Waals surface area contributed by atoms with Gasteiger partial charge in [-0.2, -0.15) is 0 Å². The van der Waals surface area contributed by atoms with Crippen LogP contribution in [-0.4, -0.2) is 23.2 Å². The lowest BCUT2D eigenvalue weighted by molar-refractivity contribution is -0.138. The fraction of sp³-hybridized carbons (Fsp3) is 0.200. The Balaban J connectivity index is 2.38. The van der Waals surface area contributed by atoms with Gasteiger partial charge in [0.2, 0.25) is 0 Å². The van der Waals surface area contributed by atoms with Gasteiger partial charge in [-0.3, -0.25) is 9.78 Å². The topological polar surface area (TPSA) is 59.4 Å². The number of hydrogen-bond donors (Lipinski definition) is 1. The average Bonchev–Trinajstić information content (AvgIpc) is 2.45. The normalized spacial score (nSPS) is 12.0. The van der Waals surface area contributed by atoms with Crippen molar-refractivity contribution in [2.45, 2.75) is 12.3 Å². The maximum atomic E-state index is 11.6. The van der Waals surface area contributed by atoms with Gasteiger partial charge in [0.05, 0.1) is 12.8 Å². The molecule has 0 saturated heterocycles. The van der Waals surface area contributed by atoms with Crippen LogP contribution in [0.2, 0.25) is 0 Å². The molecule has 2 rings (SSSR count). The van der Waals surface area contributed by atoms with Gasteiger partial charge in [-0.25, -0.2) is 0 Å². The van der Waals surface area contributed by atoms with Crippen molar-refractivity contribution >= 4 is 37.8 Å². The van der Waals surface area contributed by atoms with E-state index < -0.39 is 11.9 Å². The van der Waals surface area contributed by atoms with Crippen LogP contribution < -0.4 is 4.74 Å². The molecule has 1 unspecified atom stereocenters. The van der Waals surface area contributed by atoms with Crippen LogP contribution in [0.15, 0.2) is 45.5 Å². The summed E-state index contributed by atoms with van der Waals surface area (Å²) in [6, 6.07) is 9.19. The summed E-state index contributed by atoms with van der Waals surface area (Å²) in [4.78, 5) is 15.9. The van der Waals surface area contributed by atoms with Gasteiger partial charge >= 0.3 is 5.97 Å². The Morgan fingerprint density at radius 3 is 2.71 bits per heavy atom. The highest BCUT2D eigenvalue weighted by Crippen LogP contribution is 2.31. The number of hydrogen-bond acceptors (Lipinski definition) is 3.